The minimum Gasteiger partial charge on any atom is -0.352 e. The topological polar surface area (TPSA) is 30.5 Å². The molecule has 3 nitrogen and oxygen atoms in total. The Morgan fingerprint density at radius 3 is 2.44 bits per heavy atom. The fraction of sp³-hybridized carbons (Fsp3) is 0.667. The third kappa shape index (κ3) is 5.07. The van der Waals surface area contributed by atoms with Gasteiger partial charge in [-0.05, 0) is 32.9 Å². The van der Waals surface area contributed by atoms with Crippen LogP contribution in [0.3, 0.4) is 0 Å². The largest absolute Gasteiger partial charge is 0.352 e. The fourth-order valence-corrected chi connectivity index (χ4v) is 2.29. The van der Waals surface area contributed by atoms with E-state index in [9.17, 15) is 0 Å². The van der Waals surface area contributed by atoms with Crippen molar-refractivity contribution < 1.29 is 9.47 Å². The van der Waals surface area contributed by atoms with Gasteiger partial charge in [-0.15, -0.1) is 11.3 Å². The van der Waals surface area contributed by atoms with Crippen LogP contribution >= 0.6 is 11.3 Å². The molecule has 0 aromatic carbocycles. The van der Waals surface area contributed by atoms with E-state index in [-0.39, 0.29) is 6.29 Å². The molecule has 0 unspecified atom stereocenters. The van der Waals surface area contributed by atoms with Gasteiger partial charge in [-0.2, -0.15) is 0 Å². The van der Waals surface area contributed by atoms with Crippen molar-refractivity contribution in [3.63, 3.8) is 0 Å². The Morgan fingerprint density at radius 1 is 1.25 bits per heavy atom. The SMILES string of the molecule is CCOC(CNCc1ccc(C)s1)OCC. The molecule has 0 saturated heterocycles. The second kappa shape index (κ2) is 7.79. The molecule has 0 aliphatic heterocycles. The Balaban J connectivity index is 2.21. The van der Waals surface area contributed by atoms with Crippen LogP contribution in [0.15, 0.2) is 12.1 Å². The van der Waals surface area contributed by atoms with Crippen molar-refractivity contribution in [2.45, 2.75) is 33.6 Å². The average Bonchev–Trinajstić information content (AvgIpc) is 2.65. The molecule has 0 atom stereocenters. The molecule has 92 valence electrons. The summed E-state index contributed by atoms with van der Waals surface area (Å²) in [5.41, 5.74) is 0. The van der Waals surface area contributed by atoms with Gasteiger partial charge in [0.25, 0.3) is 0 Å². The van der Waals surface area contributed by atoms with E-state index in [1.54, 1.807) is 0 Å². The first-order valence-corrected chi connectivity index (χ1v) is 6.57. The minimum absolute atomic E-state index is 0.129. The zero-order valence-corrected chi connectivity index (χ0v) is 11.1. The van der Waals surface area contributed by atoms with Crippen LogP contribution in [0.4, 0.5) is 0 Å². The molecule has 0 amide bonds. The summed E-state index contributed by atoms with van der Waals surface area (Å²) in [6.07, 6.45) is -0.129. The van der Waals surface area contributed by atoms with Gasteiger partial charge >= 0.3 is 0 Å². The Hall–Kier alpha value is -0.420. The standard InChI is InChI=1S/C12H21NO2S/c1-4-14-12(15-5-2)9-13-8-11-7-6-10(3)16-11/h6-7,12-13H,4-5,8-9H2,1-3H3. The van der Waals surface area contributed by atoms with Gasteiger partial charge in [-0.25, -0.2) is 0 Å². The van der Waals surface area contributed by atoms with Crippen LogP contribution in [-0.2, 0) is 16.0 Å². The first-order valence-electron chi connectivity index (χ1n) is 5.75. The molecule has 4 heteroatoms. The van der Waals surface area contributed by atoms with Crippen molar-refractivity contribution in [1.29, 1.82) is 0 Å². The van der Waals surface area contributed by atoms with Crippen LogP contribution in [0.25, 0.3) is 0 Å². The molecular formula is C12H21NO2S. The molecule has 1 heterocycles. The molecule has 1 N–H and O–H groups in total. The lowest BCUT2D eigenvalue weighted by molar-refractivity contribution is -0.133. The Kier molecular flexibility index (Phi) is 6.64. The first-order chi connectivity index (χ1) is 7.76. The molecule has 1 rings (SSSR count). The molecule has 16 heavy (non-hydrogen) atoms. The summed E-state index contributed by atoms with van der Waals surface area (Å²) in [7, 11) is 0. The van der Waals surface area contributed by atoms with Crippen molar-refractivity contribution in [2.75, 3.05) is 19.8 Å². The Labute approximate surface area is 102 Å². The molecule has 0 saturated carbocycles. The van der Waals surface area contributed by atoms with Crippen LogP contribution in [0.2, 0.25) is 0 Å². The normalized spacial score (nSPS) is 11.2. The minimum atomic E-state index is -0.129. The monoisotopic (exact) mass is 243 g/mol. The summed E-state index contributed by atoms with van der Waals surface area (Å²) in [5, 5.41) is 3.35. The van der Waals surface area contributed by atoms with Crippen molar-refractivity contribution in [3.05, 3.63) is 21.9 Å². The lowest BCUT2D eigenvalue weighted by atomic mass is 10.4. The van der Waals surface area contributed by atoms with Crippen LogP contribution < -0.4 is 5.32 Å². The summed E-state index contributed by atoms with van der Waals surface area (Å²) < 4.78 is 10.9. The molecule has 0 bridgehead atoms. The van der Waals surface area contributed by atoms with Crippen molar-refractivity contribution in [3.8, 4) is 0 Å². The molecule has 1 aromatic heterocycles. The lowest BCUT2D eigenvalue weighted by Crippen LogP contribution is -2.31. The lowest BCUT2D eigenvalue weighted by Gasteiger charge is -2.17. The summed E-state index contributed by atoms with van der Waals surface area (Å²) in [6.45, 7) is 9.07. The number of aryl methyl sites for hydroxylation is 1. The molecule has 0 spiro atoms. The first kappa shape index (κ1) is 13.6. The van der Waals surface area contributed by atoms with E-state index in [0.29, 0.717) is 13.2 Å². The number of ether oxygens (including phenoxy) is 2. The molecule has 0 aliphatic rings. The predicted octanol–water partition coefficient (Wildman–Crippen LogP) is 2.55. The third-order valence-electron chi connectivity index (χ3n) is 2.11. The predicted molar refractivity (Wildman–Crippen MR) is 67.8 cm³/mol. The maximum absolute atomic E-state index is 5.44. The summed E-state index contributed by atoms with van der Waals surface area (Å²) in [5.74, 6) is 0. The van der Waals surface area contributed by atoms with Crippen LogP contribution in [0, 0.1) is 6.92 Å². The van der Waals surface area contributed by atoms with Gasteiger partial charge in [0, 0.05) is 36.1 Å². The second-order valence-electron chi connectivity index (χ2n) is 3.48. The van der Waals surface area contributed by atoms with E-state index in [4.69, 9.17) is 9.47 Å². The number of hydrogen-bond donors (Lipinski definition) is 1. The van der Waals surface area contributed by atoms with E-state index < -0.39 is 0 Å². The van der Waals surface area contributed by atoms with Crippen molar-refractivity contribution in [2.24, 2.45) is 0 Å². The van der Waals surface area contributed by atoms with E-state index in [0.717, 1.165) is 13.1 Å². The fourth-order valence-electron chi connectivity index (χ4n) is 1.43. The second-order valence-corrected chi connectivity index (χ2v) is 4.86. The highest BCUT2D eigenvalue weighted by molar-refractivity contribution is 7.11. The Bertz CT molecular complexity index is 282. The smallest absolute Gasteiger partial charge is 0.169 e. The highest BCUT2D eigenvalue weighted by atomic mass is 32.1. The van der Waals surface area contributed by atoms with Crippen LogP contribution in [0.1, 0.15) is 23.6 Å². The van der Waals surface area contributed by atoms with Crippen molar-refractivity contribution >= 4 is 11.3 Å². The number of nitrogens with one attached hydrogen (secondary N) is 1. The molecule has 1 aromatic rings. The van der Waals surface area contributed by atoms with Gasteiger partial charge in [-0.1, -0.05) is 0 Å². The Morgan fingerprint density at radius 2 is 1.94 bits per heavy atom. The molecule has 0 aliphatic carbocycles. The van der Waals surface area contributed by atoms with Crippen molar-refractivity contribution in [1.82, 2.24) is 5.32 Å². The summed E-state index contributed by atoms with van der Waals surface area (Å²) in [4.78, 5) is 2.70. The maximum Gasteiger partial charge on any atom is 0.169 e. The zero-order valence-electron chi connectivity index (χ0n) is 10.3. The number of rotatable bonds is 8. The number of hydrogen-bond acceptors (Lipinski definition) is 4. The van der Waals surface area contributed by atoms with Gasteiger partial charge in [0.05, 0.1) is 0 Å². The average molecular weight is 243 g/mol. The molecular weight excluding hydrogens is 222 g/mol. The third-order valence-corrected chi connectivity index (χ3v) is 3.11. The van der Waals surface area contributed by atoms with E-state index >= 15 is 0 Å². The van der Waals surface area contributed by atoms with Crippen LogP contribution in [-0.4, -0.2) is 26.0 Å². The van der Waals surface area contributed by atoms with Gasteiger partial charge < -0.3 is 14.8 Å². The van der Waals surface area contributed by atoms with Gasteiger partial charge in [0.1, 0.15) is 0 Å². The maximum atomic E-state index is 5.44. The van der Waals surface area contributed by atoms with E-state index in [2.05, 4.69) is 24.4 Å². The highest BCUT2D eigenvalue weighted by Gasteiger charge is 2.06. The van der Waals surface area contributed by atoms with Crippen LogP contribution in [0.5, 0.6) is 0 Å². The van der Waals surface area contributed by atoms with Gasteiger partial charge in [0.15, 0.2) is 6.29 Å². The quantitative estimate of drug-likeness (QED) is 0.712. The van der Waals surface area contributed by atoms with Gasteiger partial charge in [-0.3, -0.25) is 0 Å². The van der Waals surface area contributed by atoms with Gasteiger partial charge in [0.2, 0.25) is 0 Å². The summed E-state index contributed by atoms with van der Waals surface area (Å²) >= 11 is 1.82. The molecule has 0 fully saturated rings. The summed E-state index contributed by atoms with van der Waals surface area (Å²) in [6, 6.07) is 4.30. The number of thiophene rings is 1. The molecule has 0 radical (unpaired) electrons. The van der Waals surface area contributed by atoms with E-state index in [1.807, 2.05) is 25.2 Å². The zero-order chi connectivity index (χ0) is 11.8. The highest BCUT2D eigenvalue weighted by Crippen LogP contribution is 2.14. The van der Waals surface area contributed by atoms with E-state index in [1.165, 1.54) is 9.75 Å².